The summed E-state index contributed by atoms with van der Waals surface area (Å²) in [4.78, 5) is 1.57. The molecule has 0 unspecified atom stereocenters. The first kappa shape index (κ1) is 16.6. The molecule has 132 valence electrons. The van der Waals surface area contributed by atoms with Crippen LogP contribution in [-0.2, 0) is 6.54 Å². The summed E-state index contributed by atoms with van der Waals surface area (Å²) in [6.07, 6.45) is 3.57. The zero-order valence-corrected chi connectivity index (χ0v) is 15.3. The Morgan fingerprint density at radius 2 is 1.48 bits per heavy atom. The van der Waals surface area contributed by atoms with Gasteiger partial charge in [-0.25, -0.2) is 0 Å². The van der Waals surface area contributed by atoms with Crippen molar-refractivity contribution in [3.63, 3.8) is 0 Å². The van der Waals surface area contributed by atoms with Gasteiger partial charge < -0.3 is 14.6 Å². The normalized spacial score (nSPS) is 23.3. The van der Waals surface area contributed by atoms with Gasteiger partial charge in [-0.2, -0.15) is 0 Å². The number of benzene rings is 2. The number of aliphatic hydroxyl groups is 1. The summed E-state index contributed by atoms with van der Waals surface area (Å²) in [5, 5.41) is 13.4. The number of hydrogen-bond donors (Lipinski definition) is 2. The highest BCUT2D eigenvalue weighted by molar-refractivity contribution is 6.07. The van der Waals surface area contributed by atoms with Crippen LogP contribution in [0.15, 0.2) is 48.5 Å². The number of likely N-dealkylation sites (tertiary alicyclic amines) is 1. The van der Waals surface area contributed by atoms with Crippen LogP contribution in [0.4, 0.5) is 0 Å². The Hall–Kier alpha value is -1.84. The van der Waals surface area contributed by atoms with E-state index in [0.717, 1.165) is 6.54 Å². The summed E-state index contributed by atoms with van der Waals surface area (Å²) < 4.78 is 2.30. The molecule has 0 saturated carbocycles. The van der Waals surface area contributed by atoms with Crippen LogP contribution >= 0.6 is 0 Å². The van der Waals surface area contributed by atoms with Crippen LogP contribution in [-0.4, -0.2) is 34.4 Å². The summed E-state index contributed by atoms with van der Waals surface area (Å²) in [6.45, 7) is 6.16. The molecule has 3 aromatic rings. The van der Waals surface area contributed by atoms with Crippen molar-refractivity contribution in [3.8, 4) is 0 Å². The zero-order valence-electron chi connectivity index (χ0n) is 15.3. The lowest BCUT2D eigenvalue weighted by Gasteiger charge is -2.37. The van der Waals surface area contributed by atoms with Gasteiger partial charge in [0.2, 0.25) is 0 Å². The Morgan fingerprint density at radius 1 is 0.960 bits per heavy atom. The van der Waals surface area contributed by atoms with E-state index in [1.165, 1.54) is 41.1 Å². The number of nitrogens with zero attached hydrogens (tertiary/aromatic N) is 1. The van der Waals surface area contributed by atoms with Crippen molar-refractivity contribution in [3.05, 3.63) is 48.5 Å². The predicted octanol–water partition coefficient (Wildman–Crippen LogP) is 3.00. The lowest BCUT2D eigenvalue weighted by Crippen LogP contribution is -3.20. The summed E-state index contributed by atoms with van der Waals surface area (Å²) in [7, 11) is 0. The molecular formula is C22H29N2O+. The molecule has 1 aromatic heterocycles. The number of piperidine rings is 1. The molecular weight excluding hydrogens is 308 g/mol. The fourth-order valence-electron chi connectivity index (χ4n) is 4.74. The summed E-state index contributed by atoms with van der Waals surface area (Å²) >= 11 is 0. The van der Waals surface area contributed by atoms with Crippen LogP contribution < -0.4 is 4.90 Å². The number of nitrogens with one attached hydrogen (secondary N) is 1. The minimum absolute atomic E-state index is 0.322. The highest BCUT2D eigenvalue weighted by Crippen LogP contribution is 2.28. The van der Waals surface area contributed by atoms with Gasteiger partial charge in [0.25, 0.3) is 0 Å². The Morgan fingerprint density at radius 3 is 2.04 bits per heavy atom. The van der Waals surface area contributed by atoms with E-state index in [-0.39, 0.29) is 6.10 Å². The lowest BCUT2D eigenvalue weighted by atomic mass is 9.97. The van der Waals surface area contributed by atoms with Crippen molar-refractivity contribution in [2.75, 3.05) is 6.54 Å². The summed E-state index contributed by atoms with van der Waals surface area (Å²) in [6, 6.07) is 18.4. The monoisotopic (exact) mass is 337 g/mol. The Bertz CT molecular complexity index is 805. The van der Waals surface area contributed by atoms with E-state index < -0.39 is 0 Å². The maximum atomic E-state index is 10.9. The number of hydrogen-bond acceptors (Lipinski definition) is 1. The number of fused-ring (bicyclic) bond motifs is 3. The van der Waals surface area contributed by atoms with Gasteiger partial charge >= 0.3 is 0 Å². The van der Waals surface area contributed by atoms with E-state index in [2.05, 4.69) is 66.9 Å². The third-order valence-electron chi connectivity index (χ3n) is 6.08. The average Bonchev–Trinajstić information content (AvgIpc) is 2.93. The molecule has 2 aromatic carbocycles. The van der Waals surface area contributed by atoms with Crippen molar-refractivity contribution in [2.24, 2.45) is 0 Å². The molecule has 25 heavy (non-hydrogen) atoms. The van der Waals surface area contributed by atoms with Crippen molar-refractivity contribution in [1.29, 1.82) is 0 Å². The van der Waals surface area contributed by atoms with Gasteiger partial charge in [-0.3, -0.25) is 0 Å². The Balaban J connectivity index is 1.63. The van der Waals surface area contributed by atoms with Gasteiger partial charge in [-0.05, 0) is 45.2 Å². The van der Waals surface area contributed by atoms with Crippen LogP contribution in [0.5, 0.6) is 0 Å². The topological polar surface area (TPSA) is 29.6 Å². The molecule has 1 aliphatic rings. The standard InChI is InChI=1S/C22H28N2O/c1-16-8-7-9-17(2)23(16)14-18(25)15-24-21-12-5-3-10-19(21)20-11-4-6-13-22(20)24/h3-6,10-13,16-18,25H,7-9,14-15H2,1-2H3/p+1/t16-,17-,18+/m1/s1. The van der Waals surface area contributed by atoms with Crippen LogP contribution in [0.3, 0.4) is 0 Å². The van der Waals surface area contributed by atoms with Crippen molar-refractivity contribution >= 4 is 21.8 Å². The lowest BCUT2D eigenvalue weighted by molar-refractivity contribution is -0.954. The highest BCUT2D eigenvalue weighted by atomic mass is 16.3. The van der Waals surface area contributed by atoms with Crippen LogP contribution in [0.1, 0.15) is 33.1 Å². The third kappa shape index (κ3) is 3.07. The molecule has 3 atom stereocenters. The SMILES string of the molecule is C[C@@H]1CCC[C@@H](C)[NH+]1C[C@H](O)Cn1c2ccccc2c2ccccc21. The summed E-state index contributed by atoms with van der Waals surface area (Å²) in [5.41, 5.74) is 2.44. The second-order valence-corrected chi connectivity index (χ2v) is 7.81. The molecule has 0 amide bonds. The molecule has 2 N–H and O–H groups in total. The minimum Gasteiger partial charge on any atom is -0.385 e. The first-order valence-corrected chi connectivity index (χ1v) is 9.64. The van der Waals surface area contributed by atoms with Gasteiger partial charge in [-0.15, -0.1) is 0 Å². The van der Waals surface area contributed by atoms with Crippen LogP contribution in [0.2, 0.25) is 0 Å². The number of para-hydroxylation sites is 2. The van der Waals surface area contributed by atoms with Gasteiger partial charge in [0, 0.05) is 21.8 Å². The van der Waals surface area contributed by atoms with Crippen molar-refractivity contribution in [1.82, 2.24) is 4.57 Å². The second kappa shape index (κ2) is 6.81. The smallest absolute Gasteiger partial charge is 0.121 e. The van der Waals surface area contributed by atoms with Gasteiger partial charge in [0.05, 0.1) is 18.6 Å². The van der Waals surface area contributed by atoms with E-state index in [0.29, 0.717) is 18.6 Å². The maximum absolute atomic E-state index is 10.9. The molecule has 0 bridgehead atoms. The fourth-order valence-corrected chi connectivity index (χ4v) is 4.74. The molecule has 1 saturated heterocycles. The van der Waals surface area contributed by atoms with Gasteiger partial charge in [0.1, 0.15) is 12.6 Å². The van der Waals surface area contributed by atoms with Gasteiger partial charge in [-0.1, -0.05) is 36.4 Å². The highest BCUT2D eigenvalue weighted by Gasteiger charge is 2.30. The molecule has 0 radical (unpaired) electrons. The van der Waals surface area contributed by atoms with Crippen LogP contribution in [0, 0.1) is 0 Å². The van der Waals surface area contributed by atoms with Gasteiger partial charge in [0.15, 0.2) is 0 Å². The number of aromatic nitrogens is 1. The number of rotatable bonds is 4. The molecule has 2 heterocycles. The van der Waals surface area contributed by atoms with E-state index in [4.69, 9.17) is 0 Å². The molecule has 4 rings (SSSR count). The quantitative estimate of drug-likeness (QED) is 0.753. The maximum Gasteiger partial charge on any atom is 0.121 e. The number of aliphatic hydroxyl groups excluding tert-OH is 1. The second-order valence-electron chi connectivity index (χ2n) is 7.81. The van der Waals surface area contributed by atoms with Crippen molar-refractivity contribution in [2.45, 2.75) is 57.8 Å². The molecule has 0 aliphatic carbocycles. The van der Waals surface area contributed by atoms with E-state index in [9.17, 15) is 5.11 Å². The van der Waals surface area contributed by atoms with Crippen molar-refractivity contribution < 1.29 is 10.0 Å². The third-order valence-corrected chi connectivity index (χ3v) is 6.08. The molecule has 1 aliphatic heterocycles. The summed E-state index contributed by atoms with van der Waals surface area (Å²) in [5.74, 6) is 0. The average molecular weight is 337 g/mol. The van der Waals surface area contributed by atoms with Crippen LogP contribution in [0.25, 0.3) is 21.8 Å². The van der Waals surface area contributed by atoms with E-state index in [1.54, 1.807) is 4.90 Å². The first-order chi connectivity index (χ1) is 12.1. The largest absolute Gasteiger partial charge is 0.385 e. The molecule has 3 nitrogen and oxygen atoms in total. The Labute approximate surface area is 149 Å². The predicted molar refractivity (Wildman–Crippen MR) is 104 cm³/mol. The van der Waals surface area contributed by atoms with E-state index in [1.807, 2.05) is 0 Å². The molecule has 3 heteroatoms. The molecule has 1 fully saturated rings. The number of quaternary nitrogens is 1. The Kier molecular flexibility index (Phi) is 4.53. The minimum atomic E-state index is -0.322. The first-order valence-electron chi connectivity index (χ1n) is 9.64. The molecule has 0 spiro atoms. The fraction of sp³-hybridized carbons (Fsp3) is 0.455. The van der Waals surface area contributed by atoms with E-state index >= 15 is 0 Å². The zero-order chi connectivity index (χ0) is 17.4.